The van der Waals surface area contributed by atoms with Crippen LogP contribution in [-0.2, 0) is 10.2 Å². The first-order valence-electron chi connectivity index (χ1n) is 9.62. The van der Waals surface area contributed by atoms with Crippen molar-refractivity contribution in [3.8, 4) is 5.75 Å². The Morgan fingerprint density at radius 2 is 1.88 bits per heavy atom. The van der Waals surface area contributed by atoms with Gasteiger partial charge >= 0.3 is 0 Å². The quantitative estimate of drug-likeness (QED) is 0.788. The molecule has 2 heterocycles. The number of methoxy groups -OCH3 is 1. The summed E-state index contributed by atoms with van der Waals surface area (Å²) in [5, 5.41) is 0. The number of rotatable bonds is 7. The molecule has 26 heavy (non-hydrogen) atoms. The van der Waals surface area contributed by atoms with E-state index in [4.69, 9.17) is 4.74 Å². The van der Waals surface area contributed by atoms with E-state index in [0.717, 1.165) is 50.1 Å². The van der Waals surface area contributed by atoms with Crippen molar-refractivity contribution in [1.82, 2.24) is 13.9 Å². The van der Waals surface area contributed by atoms with Crippen molar-refractivity contribution < 1.29 is 13.2 Å². The van der Waals surface area contributed by atoms with Gasteiger partial charge in [0.25, 0.3) is 10.2 Å². The third kappa shape index (κ3) is 4.76. The summed E-state index contributed by atoms with van der Waals surface area (Å²) >= 11 is 0. The minimum absolute atomic E-state index is 0.0334. The van der Waals surface area contributed by atoms with Crippen LogP contribution in [0.2, 0.25) is 0 Å². The smallest absolute Gasteiger partial charge is 0.279 e. The molecule has 3 rings (SSSR count). The summed E-state index contributed by atoms with van der Waals surface area (Å²) < 4.78 is 35.3. The average molecular weight is 382 g/mol. The number of nitrogens with one attached hydrogen (secondary N) is 1. The predicted molar refractivity (Wildman–Crippen MR) is 103 cm³/mol. The number of benzene rings is 1. The number of likely N-dealkylation sites (tertiary alicyclic amines) is 1. The zero-order chi connectivity index (χ0) is 18.6. The maximum atomic E-state index is 12.7. The van der Waals surface area contributed by atoms with E-state index in [1.165, 1.54) is 0 Å². The zero-order valence-electron chi connectivity index (χ0n) is 15.9. The molecule has 0 saturated carbocycles. The maximum Gasteiger partial charge on any atom is 0.279 e. The second kappa shape index (κ2) is 8.69. The molecule has 1 atom stereocenters. The van der Waals surface area contributed by atoms with Gasteiger partial charge in [-0.3, -0.25) is 4.90 Å². The van der Waals surface area contributed by atoms with E-state index in [2.05, 4.69) is 22.6 Å². The fourth-order valence-electron chi connectivity index (χ4n) is 3.86. The molecule has 0 spiro atoms. The molecule has 7 heteroatoms. The first kappa shape index (κ1) is 19.6. The number of ether oxygens (including phenoxy) is 1. The Kier molecular flexibility index (Phi) is 6.55. The molecule has 6 nitrogen and oxygen atoms in total. The topological polar surface area (TPSA) is 61.9 Å². The van der Waals surface area contributed by atoms with Crippen LogP contribution in [0, 0.1) is 5.92 Å². The molecule has 1 aromatic rings. The van der Waals surface area contributed by atoms with Crippen molar-refractivity contribution in [3.05, 3.63) is 29.8 Å². The number of nitrogens with zero attached hydrogens (tertiary/aromatic N) is 2. The summed E-state index contributed by atoms with van der Waals surface area (Å²) in [7, 11) is -1.77. The molecule has 0 aromatic heterocycles. The monoisotopic (exact) mass is 381 g/mol. The maximum absolute atomic E-state index is 12.7. The van der Waals surface area contributed by atoms with E-state index in [1.54, 1.807) is 11.4 Å². The highest BCUT2D eigenvalue weighted by Gasteiger charge is 2.29. The molecule has 146 valence electrons. The van der Waals surface area contributed by atoms with Gasteiger partial charge in [-0.05, 0) is 62.4 Å². The summed E-state index contributed by atoms with van der Waals surface area (Å²) in [4.78, 5) is 2.37. The van der Waals surface area contributed by atoms with Crippen molar-refractivity contribution >= 4 is 10.2 Å². The summed E-state index contributed by atoms with van der Waals surface area (Å²) in [5.41, 5.74) is 1.10. The van der Waals surface area contributed by atoms with Gasteiger partial charge in [0.2, 0.25) is 0 Å². The third-order valence-electron chi connectivity index (χ3n) is 5.60. The largest absolute Gasteiger partial charge is 0.497 e. The molecular formula is C19H31N3O3S. The van der Waals surface area contributed by atoms with Crippen LogP contribution in [-0.4, -0.2) is 57.5 Å². The number of hydrogen-bond donors (Lipinski definition) is 1. The second-order valence-corrected chi connectivity index (χ2v) is 9.23. The van der Waals surface area contributed by atoms with Crippen molar-refractivity contribution in [2.45, 2.75) is 38.6 Å². The van der Waals surface area contributed by atoms with E-state index in [0.29, 0.717) is 25.6 Å². The molecule has 0 radical (unpaired) electrons. The Morgan fingerprint density at radius 1 is 1.19 bits per heavy atom. The molecule has 2 fully saturated rings. The molecule has 1 aromatic carbocycles. The average Bonchev–Trinajstić information content (AvgIpc) is 3.17. The highest BCUT2D eigenvalue weighted by atomic mass is 32.2. The van der Waals surface area contributed by atoms with Crippen LogP contribution in [0.25, 0.3) is 0 Å². The zero-order valence-corrected chi connectivity index (χ0v) is 16.7. The van der Waals surface area contributed by atoms with E-state index in [1.807, 2.05) is 18.2 Å². The van der Waals surface area contributed by atoms with Crippen LogP contribution in [0.4, 0.5) is 0 Å². The fourth-order valence-corrected chi connectivity index (χ4v) is 5.10. The first-order valence-corrected chi connectivity index (χ1v) is 11.1. The van der Waals surface area contributed by atoms with Crippen LogP contribution in [0.15, 0.2) is 24.3 Å². The Labute approximate surface area is 157 Å². The van der Waals surface area contributed by atoms with Gasteiger partial charge in [-0.25, -0.2) is 4.72 Å². The molecule has 0 bridgehead atoms. The lowest BCUT2D eigenvalue weighted by Gasteiger charge is -2.32. The second-order valence-electron chi connectivity index (χ2n) is 7.47. The molecule has 2 saturated heterocycles. The van der Waals surface area contributed by atoms with E-state index >= 15 is 0 Å². The normalized spacial score (nSPS) is 21.8. The molecular weight excluding hydrogens is 350 g/mol. The van der Waals surface area contributed by atoms with Crippen LogP contribution in [0.5, 0.6) is 5.75 Å². The molecule has 0 unspecified atom stereocenters. The predicted octanol–water partition coefficient (Wildman–Crippen LogP) is 2.40. The molecule has 0 amide bonds. The molecule has 2 aliphatic heterocycles. The Morgan fingerprint density at radius 3 is 2.54 bits per heavy atom. The van der Waals surface area contributed by atoms with Gasteiger partial charge in [-0.2, -0.15) is 12.7 Å². The lowest BCUT2D eigenvalue weighted by Crippen LogP contribution is -2.47. The Hall–Kier alpha value is -1.15. The lowest BCUT2D eigenvalue weighted by atomic mass is 10.0. The van der Waals surface area contributed by atoms with Crippen LogP contribution < -0.4 is 9.46 Å². The molecule has 1 N–H and O–H groups in total. The summed E-state index contributed by atoms with van der Waals surface area (Å²) in [6.07, 6.45) is 4.20. The van der Waals surface area contributed by atoms with Gasteiger partial charge in [0.05, 0.1) is 7.11 Å². The van der Waals surface area contributed by atoms with Crippen molar-refractivity contribution in [2.75, 3.05) is 39.8 Å². The summed E-state index contributed by atoms with van der Waals surface area (Å²) in [6, 6.07) is 8.00. The van der Waals surface area contributed by atoms with Crippen molar-refractivity contribution in [1.29, 1.82) is 0 Å². The minimum atomic E-state index is -3.43. The van der Waals surface area contributed by atoms with E-state index in [-0.39, 0.29) is 6.04 Å². The molecule has 0 aliphatic carbocycles. The van der Waals surface area contributed by atoms with Gasteiger partial charge in [-0.15, -0.1) is 0 Å². The van der Waals surface area contributed by atoms with Gasteiger partial charge in [-0.1, -0.05) is 19.1 Å². The van der Waals surface area contributed by atoms with E-state index in [9.17, 15) is 8.42 Å². The third-order valence-corrected chi connectivity index (χ3v) is 7.18. The Bertz CT molecular complexity index is 681. The van der Waals surface area contributed by atoms with Gasteiger partial charge < -0.3 is 4.74 Å². The van der Waals surface area contributed by atoms with Crippen LogP contribution in [0.1, 0.15) is 44.2 Å². The number of piperidine rings is 1. The van der Waals surface area contributed by atoms with Crippen LogP contribution in [0.3, 0.4) is 0 Å². The lowest BCUT2D eigenvalue weighted by molar-refractivity contribution is 0.242. The Balaban J connectivity index is 1.71. The highest BCUT2D eigenvalue weighted by molar-refractivity contribution is 7.87. The van der Waals surface area contributed by atoms with Crippen molar-refractivity contribution in [2.24, 2.45) is 5.92 Å². The first-order chi connectivity index (χ1) is 12.5. The van der Waals surface area contributed by atoms with E-state index < -0.39 is 10.2 Å². The van der Waals surface area contributed by atoms with Gasteiger partial charge in [0, 0.05) is 25.7 Å². The number of hydrogen-bond acceptors (Lipinski definition) is 4. The minimum Gasteiger partial charge on any atom is -0.497 e. The van der Waals surface area contributed by atoms with Gasteiger partial charge in [0.1, 0.15) is 5.75 Å². The molecule has 2 aliphatic rings. The summed E-state index contributed by atoms with van der Waals surface area (Å²) in [6.45, 7) is 5.81. The highest BCUT2D eigenvalue weighted by Crippen LogP contribution is 2.27. The van der Waals surface area contributed by atoms with Crippen molar-refractivity contribution in [3.63, 3.8) is 0 Å². The fraction of sp³-hybridized carbons (Fsp3) is 0.684. The standard InChI is InChI=1S/C19H31N3O3S/c1-16-8-12-22(13-9-16)26(23,24)20-15-19(21-10-3-4-11-21)17-6-5-7-18(14-17)25-2/h5-7,14,16,19-20H,3-4,8-13,15H2,1-2H3/t19-/m1/s1. The van der Waals surface area contributed by atoms with Crippen LogP contribution >= 0.6 is 0 Å². The summed E-state index contributed by atoms with van der Waals surface area (Å²) in [5.74, 6) is 1.41. The SMILES string of the molecule is COc1cccc([C@@H](CNS(=O)(=O)N2CCC(C)CC2)N2CCCC2)c1. The van der Waals surface area contributed by atoms with Gasteiger partial charge in [0.15, 0.2) is 0 Å².